The van der Waals surface area contributed by atoms with Crippen LogP contribution in [-0.2, 0) is 11.3 Å². The summed E-state index contributed by atoms with van der Waals surface area (Å²) >= 11 is 0. The van der Waals surface area contributed by atoms with Gasteiger partial charge in [0.2, 0.25) is 0 Å². The molecule has 2 rings (SSSR count). The summed E-state index contributed by atoms with van der Waals surface area (Å²) in [5, 5.41) is 0. The highest BCUT2D eigenvalue weighted by molar-refractivity contribution is 5.75. The van der Waals surface area contributed by atoms with Crippen molar-refractivity contribution in [1.82, 2.24) is 4.90 Å². The van der Waals surface area contributed by atoms with Gasteiger partial charge < -0.3 is 16.2 Å². The molecule has 1 fully saturated rings. The Labute approximate surface area is 126 Å². The molecule has 0 spiro atoms. The first kappa shape index (κ1) is 15.8. The third kappa shape index (κ3) is 5.36. The number of nitrogens with two attached hydrogens (primary N) is 2. The van der Waals surface area contributed by atoms with E-state index in [1.54, 1.807) is 0 Å². The average Bonchev–Trinajstić information content (AvgIpc) is 2.47. The van der Waals surface area contributed by atoms with Gasteiger partial charge >= 0.3 is 0 Å². The maximum absolute atomic E-state index is 10.7. The predicted molar refractivity (Wildman–Crippen MR) is 82.8 cm³/mol. The minimum atomic E-state index is -0.460. The van der Waals surface area contributed by atoms with E-state index in [-0.39, 0.29) is 6.61 Å². The van der Waals surface area contributed by atoms with E-state index in [1.165, 1.54) is 18.4 Å². The Morgan fingerprint density at radius 1 is 1.33 bits per heavy atom. The van der Waals surface area contributed by atoms with E-state index in [1.807, 2.05) is 24.3 Å². The predicted octanol–water partition coefficient (Wildman–Crippen LogP) is 1.11. The topological polar surface area (TPSA) is 81.6 Å². The molecule has 0 radical (unpaired) electrons. The Morgan fingerprint density at radius 2 is 2.10 bits per heavy atom. The third-order valence-electron chi connectivity index (χ3n) is 3.89. The molecule has 1 aliphatic heterocycles. The van der Waals surface area contributed by atoms with Gasteiger partial charge in [0, 0.05) is 13.1 Å². The molecule has 1 heterocycles. The van der Waals surface area contributed by atoms with Crippen LogP contribution in [0.1, 0.15) is 24.8 Å². The summed E-state index contributed by atoms with van der Waals surface area (Å²) in [4.78, 5) is 13.2. The highest BCUT2D eigenvalue weighted by Crippen LogP contribution is 2.21. The maximum atomic E-state index is 10.7. The number of likely N-dealkylation sites (tertiary alicyclic amines) is 1. The van der Waals surface area contributed by atoms with Crippen molar-refractivity contribution in [3.05, 3.63) is 29.8 Å². The SMILES string of the molecule is NCCC1CCCN(Cc2ccc(OCC(N)=O)cc2)C1. The van der Waals surface area contributed by atoms with E-state index in [2.05, 4.69) is 4.90 Å². The highest BCUT2D eigenvalue weighted by atomic mass is 16.5. The van der Waals surface area contributed by atoms with Gasteiger partial charge in [-0.1, -0.05) is 12.1 Å². The molecule has 0 aromatic heterocycles. The molecular weight excluding hydrogens is 266 g/mol. The quantitative estimate of drug-likeness (QED) is 0.788. The lowest BCUT2D eigenvalue weighted by molar-refractivity contribution is -0.119. The number of amides is 1. The van der Waals surface area contributed by atoms with Crippen molar-refractivity contribution in [2.24, 2.45) is 17.4 Å². The minimum Gasteiger partial charge on any atom is -0.484 e. The van der Waals surface area contributed by atoms with Crippen LogP contribution in [-0.4, -0.2) is 37.0 Å². The lowest BCUT2D eigenvalue weighted by Gasteiger charge is -2.32. The van der Waals surface area contributed by atoms with Gasteiger partial charge in [-0.15, -0.1) is 0 Å². The number of hydrogen-bond donors (Lipinski definition) is 2. The molecule has 5 nitrogen and oxygen atoms in total. The van der Waals surface area contributed by atoms with Crippen LogP contribution in [0.4, 0.5) is 0 Å². The highest BCUT2D eigenvalue weighted by Gasteiger charge is 2.19. The number of rotatable bonds is 7. The van der Waals surface area contributed by atoms with Crippen LogP contribution in [0, 0.1) is 5.92 Å². The Hall–Kier alpha value is -1.59. The van der Waals surface area contributed by atoms with Gasteiger partial charge in [-0.3, -0.25) is 9.69 Å². The molecule has 0 aliphatic carbocycles. The van der Waals surface area contributed by atoms with Crippen LogP contribution in [0.3, 0.4) is 0 Å². The molecule has 1 aliphatic rings. The fourth-order valence-electron chi connectivity index (χ4n) is 2.87. The number of hydrogen-bond acceptors (Lipinski definition) is 4. The molecule has 1 aromatic carbocycles. The van der Waals surface area contributed by atoms with Crippen LogP contribution >= 0.6 is 0 Å². The molecule has 1 aromatic rings. The normalized spacial score (nSPS) is 19.4. The molecule has 5 heteroatoms. The van der Waals surface area contributed by atoms with E-state index < -0.39 is 5.91 Å². The van der Waals surface area contributed by atoms with Gasteiger partial charge in [-0.25, -0.2) is 0 Å². The summed E-state index contributed by atoms with van der Waals surface area (Å²) in [6.45, 7) is 3.95. The number of benzene rings is 1. The first-order chi connectivity index (χ1) is 10.2. The second kappa shape index (κ2) is 8.00. The molecule has 1 unspecified atom stereocenters. The zero-order valence-electron chi connectivity index (χ0n) is 12.5. The number of piperidine rings is 1. The van der Waals surface area contributed by atoms with Crippen LogP contribution in [0.5, 0.6) is 5.75 Å². The van der Waals surface area contributed by atoms with E-state index in [0.29, 0.717) is 5.75 Å². The Bertz CT molecular complexity index is 445. The lowest BCUT2D eigenvalue weighted by atomic mass is 9.94. The number of nitrogens with zero attached hydrogens (tertiary/aromatic N) is 1. The fourth-order valence-corrected chi connectivity index (χ4v) is 2.87. The molecule has 0 saturated carbocycles. The number of primary amides is 1. The monoisotopic (exact) mass is 291 g/mol. The summed E-state index contributed by atoms with van der Waals surface area (Å²) < 4.78 is 5.26. The van der Waals surface area contributed by atoms with Gasteiger partial charge in [0.15, 0.2) is 6.61 Å². The second-order valence-corrected chi connectivity index (χ2v) is 5.72. The molecule has 1 atom stereocenters. The van der Waals surface area contributed by atoms with Crippen molar-refractivity contribution in [2.45, 2.75) is 25.8 Å². The number of carbonyl (C=O) groups is 1. The van der Waals surface area contributed by atoms with Gasteiger partial charge in [0.1, 0.15) is 5.75 Å². The lowest BCUT2D eigenvalue weighted by Crippen LogP contribution is -2.35. The molecule has 1 saturated heterocycles. The van der Waals surface area contributed by atoms with E-state index >= 15 is 0 Å². The average molecular weight is 291 g/mol. The fraction of sp³-hybridized carbons (Fsp3) is 0.562. The molecule has 4 N–H and O–H groups in total. The summed E-state index contributed by atoms with van der Waals surface area (Å²) in [5.41, 5.74) is 12.0. The Morgan fingerprint density at radius 3 is 2.76 bits per heavy atom. The zero-order chi connectivity index (χ0) is 15.1. The van der Waals surface area contributed by atoms with E-state index in [9.17, 15) is 4.79 Å². The Balaban J connectivity index is 1.83. The molecule has 21 heavy (non-hydrogen) atoms. The van der Waals surface area contributed by atoms with Crippen LogP contribution in [0.2, 0.25) is 0 Å². The van der Waals surface area contributed by atoms with Crippen LogP contribution in [0.15, 0.2) is 24.3 Å². The van der Waals surface area contributed by atoms with Crippen LogP contribution < -0.4 is 16.2 Å². The first-order valence-electron chi connectivity index (χ1n) is 7.60. The summed E-state index contributed by atoms with van der Waals surface area (Å²) in [6.07, 6.45) is 3.68. The van der Waals surface area contributed by atoms with Crippen molar-refractivity contribution in [2.75, 3.05) is 26.2 Å². The molecule has 0 bridgehead atoms. The minimum absolute atomic E-state index is 0.0771. The van der Waals surface area contributed by atoms with E-state index in [4.69, 9.17) is 16.2 Å². The smallest absolute Gasteiger partial charge is 0.255 e. The van der Waals surface area contributed by atoms with E-state index in [0.717, 1.165) is 38.5 Å². The first-order valence-corrected chi connectivity index (χ1v) is 7.60. The summed E-state index contributed by atoms with van der Waals surface area (Å²) in [6, 6.07) is 7.87. The van der Waals surface area contributed by atoms with Crippen molar-refractivity contribution < 1.29 is 9.53 Å². The van der Waals surface area contributed by atoms with Gasteiger partial charge in [-0.05, 0) is 56.0 Å². The third-order valence-corrected chi connectivity index (χ3v) is 3.89. The van der Waals surface area contributed by atoms with Crippen LogP contribution in [0.25, 0.3) is 0 Å². The number of ether oxygens (including phenoxy) is 1. The summed E-state index contributed by atoms with van der Waals surface area (Å²) in [7, 11) is 0. The summed E-state index contributed by atoms with van der Waals surface area (Å²) in [5.74, 6) is 0.956. The Kier molecular flexibility index (Phi) is 6.02. The molecular formula is C16H25N3O2. The van der Waals surface area contributed by atoms with Crippen molar-refractivity contribution in [3.8, 4) is 5.75 Å². The zero-order valence-corrected chi connectivity index (χ0v) is 12.5. The maximum Gasteiger partial charge on any atom is 0.255 e. The largest absolute Gasteiger partial charge is 0.484 e. The standard InChI is InChI=1S/C16H25N3O2/c17-8-7-13-2-1-9-19(10-13)11-14-3-5-15(6-4-14)21-12-16(18)20/h3-6,13H,1-2,7-12,17H2,(H2,18,20). The molecule has 1 amide bonds. The van der Waals surface area contributed by atoms with Gasteiger partial charge in [0.05, 0.1) is 0 Å². The number of carbonyl (C=O) groups excluding carboxylic acids is 1. The van der Waals surface area contributed by atoms with Crippen molar-refractivity contribution in [3.63, 3.8) is 0 Å². The van der Waals surface area contributed by atoms with Gasteiger partial charge in [0.25, 0.3) is 5.91 Å². The second-order valence-electron chi connectivity index (χ2n) is 5.72. The molecule has 116 valence electrons. The van der Waals surface area contributed by atoms with Gasteiger partial charge in [-0.2, -0.15) is 0 Å². The van der Waals surface area contributed by atoms with Crippen molar-refractivity contribution in [1.29, 1.82) is 0 Å². The van der Waals surface area contributed by atoms with Crippen molar-refractivity contribution >= 4 is 5.91 Å².